The van der Waals surface area contributed by atoms with E-state index < -0.39 is 0 Å². The minimum Gasteiger partial charge on any atom is -0.395 e. The van der Waals surface area contributed by atoms with E-state index in [1.54, 1.807) is 19.2 Å². The molecule has 0 aliphatic rings. The van der Waals surface area contributed by atoms with Crippen LogP contribution in [0.2, 0.25) is 0 Å². The van der Waals surface area contributed by atoms with Crippen molar-refractivity contribution in [2.75, 3.05) is 33.4 Å². The number of ether oxygens (including phenoxy) is 1. The zero-order valence-electron chi connectivity index (χ0n) is 11.0. The number of nitrogens with one attached hydrogen (secondary N) is 1. The van der Waals surface area contributed by atoms with Gasteiger partial charge in [-0.15, -0.1) is 0 Å². The molecule has 1 amide bonds. The van der Waals surface area contributed by atoms with Crippen molar-refractivity contribution < 1.29 is 14.6 Å². The first kappa shape index (κ1) is 15.5. The summed E-state index contributed by atoms with van der Waals surface area (Å²) in [5, 5.41) is 8.99. The van der Waals surface area contributed by atoms with Gasteiger partial charge in [-0.2, -0.15) is 0 Å². The lowest BCUT2D eigenvalue weighted by Crippen LogP contribution is -2.31. The van der Waals surface area contributed by atoms with Crippen LogP contribution in [0.4, 0.5) is 0 Å². The summed E-state index contributed by atoms with van der Waals surface area (Å²) in [4.78, 5) is 17.5. The van der Waals surface area contributed by atoms with Gasteiger partial charge in [-0.3, -0.25) is 20.1 Å². The molecular weight excluding hydrogens is 248 g/mol. The highest BCUT2D eigenvalue weighted by molar-refractivity contribution is 5.93. The first-order valence-electron chi connectivity index (χ1n) is 5.99. The molecule has 0 spiro atoms. The quantitative estimate of drug-likeness (QED) is 0.322. The van der Waals surface area contributed by atoms with Gasteiger partial charge in [-0.05, 0) is 12.1 Å². The fourth-order valence-electron chi connectivity index (χ4n) is 1.60. The molecule has 0 radical (unpaired) electrons. The highest BCUT2D eigenvalue weighted by Crippen LogP contribution is 2.04. The number of pyridine rings is 1. The molecule has 0 fully saturated rings. The number of carbonyl (C=O) groups is 1. The van der Waals surface area contributed by atoms with Gasteiger partial charge in [0.15, 0.2) is 0 Å². The molecule has 0 aromatic carbocycles. The standard InChI is InChI=1S/C12H20N4O3/c1-19-7-5-16(4-6-17)9-11-3-2-10(8-14-11)12(18)15-13/h2-3,8,17H,4-7,9,13H2,1H3,(H,15,18). The number of methoxy groups -OCH3 is 1. The Bertz CT molecular complexity index is 383. The summed E-state index contributed by atoms with van der Waals surface area (Å²) < 4.78 is 5.01. The smallest absolute Gasteiger partial charge is 0.266 e. The number of aliphatic hydroxyl groups excluding tert-OH is 1. The molecule has 4 N–H and O–H groups in total. The van der Waals surface area contributed by atoms with Crippen LogP contribution in [0.1, 0.15) is 16.1 Å². The normalized spacial score (nSPS) is 10.7. The Morgan fingerprint density at radius 1 is 1.53 bits per heavy atom. The van der Waals surface area contributed by atoms with Crippen LogP contribution in [0.5, 0.6) is 0 Å². The van der Waals surface area contributed by atoms with Gasteiger partial charge in [-0.25, -0.2) is 5.84 Å². The number of aromatic nitrogens is 1. The molecule has 0 saturated heterocycles. The Hall–Kier alpha value is -1.54. The summed E-state index contributed by atoms with van der Waals surface area (Å²) in [5.74, 6) is 4.67. The van der Waals surface area contributed by atoms with Gasteiger partial charge in [0, 0.05) is 32.9 Å². The van der Waals surface area contributed by atoms with Gasteiger partial charge < -0.3 is 9.84 Å². The summed E-state index contributed by atoms with van der Waals surface area (Å²) in [5.41, 5.74) is 3.28. The number of nitrogens with zero attached hydrogens (tertiary/aromatic N) is 2. The van der Waals surface area contributed by atoms with Crippen molar-refractivity contribution in [2.24, 2.45) is 5.84 Å². The molecule has 7 nitrogen and oxygen atoms in total. The first-order valence-corrected chi connectivity index (χ1v) is 5.99. The van der Waals surface area contributed by atoms with Crippen LogP contribution in [0.3, 0.4) is 0 Å². The third-order valence-electron chi connectivity index (χ3n) is 2.63. The first-order chi connectivity index (χ1) is 9.21. The van der Waals surface area contributed by atoms with E-state index in [0.29, 0.717) is 31.8 Å². The Kier molecular flexibility index (Phi) is 6.98. The number of carbonyl (C=O) groups excluding carboxylic acids is 1. The number of nitrogen functional groups attached to an aromatic ring is 1. The molecule has 1 heterocycles. The number of rotatable bonds is 8. The third-order valence-corrected chi connectivity index (χ3v) is 2.63. The molecule has 7 heteroatoms. The number of amides is 1. The average molecular weight is 268 g/mol. The van der Waals surface area contributed by atoms with Crippen LogP contribution >= 0.6 is 0 Å². The van der Waals surface area contributed by atoms with E-state index in [-0.39, 0.29) is 12.5 Å². The molecule has 19 heavy (non-hydrogen) atoms. The molecule has 1 aromatic rings. The van der Waals surface area contributed by atoms with E-state index in [2.05, 4.69) is 10.4 Å². The van der Waals surface area contributed by atoms with E-state index >= 15 is 0 Å². The maximum atomic E-state index is 11.3. The molecule has 0 saturated carbocycles. The van der Waals surface area contributed by atoms with Gasteiger partial charge in [-0.1, -0.05) is 0 Å². The molecule has 0 atom stereocenters. The predicted molar refractivity (Wildman–Crippen MR) is 70.1 cm³/mol. The van der Waals surface area contributed by atoms with Gasteiger partial charge in [0.1, 0.15) is 0 Å². The second-order valence-corrected chi connectivity index (χ2v) is 4.00. The van der Waals surface area contributed by atoms with Crippen LogP contribution in [-0.2, 0) is 11.3 Å². The van der Waals surface area contributed by atoms with Gasteiger partial charge in [0.2, 0.25) is 0 Å². The van der Waals surface area contributed by atoms with Gasteiger partial charge in [0.05, 0.1) is 24.5 Å². The minimum absolute atomic E-state index is 0.0807. The molecule has 0 bridgehead atoms. The zero-order valence-corrected chi connectivity index (χ0v) is 11.0. The Labute approximate surface area is 112 Å². The maximum absolute atomic E-state index is 11.3. The van der Waals surface area contributed by atoms with E-state index in [1.165, 1.54) is 6.20 Å². The Morgan fingerprint density at radius 2 is 2.32 bits per heavy atom. The van der Waals surface area contributed by atoms with Crippen LogP contribution in [0.15, 0.2) is 18.3 Å². The summed E-state index contributed by atoms with van der Waals surface area (Å²) >= 11 is 0. The summed E-state index contributed by atoms with van der Waals surface area (Å²) in [6, 6.07) is 3.43. The van der Waals surface area contributed by atoms with Crippen LogP contribution in [-0.4, -0.2) is 54.3 Å². The molecule has 106 valence electrons. The second-order valence-electron chi connectivity index (χ2n) is 4.00. The number of hydrogen-bond acceptors (Lipinski definition) is 6. The number of nitrogens with two attached hydrogens (primary N) is 1. The topological polar surface area (TPSA) is 101 Å². The monoisotopic (exact) mass is 268 g/mol. The fourth-order valence-corrected chi connectivity index (χ4v) is 1.60. The summed E-state index contributed by atoms with van der Waals surface area (Å²) in [7, 11) is 1.63. The van der Waals surface area contributed by atoms with Crippen molar-refractivity contribution >= 4 is 5.91 Å². The lowest BCUT2D eigenvalue weighted by Gasteiger charge is -2.20. The van der Waals surface area contributed by atoms with Crippen molar-refractivity contribution in [1.29, 1.82) is 0 Å². The lowest BCUT2D eigenvalue weighted by molar-refractivity contribution is 0.0953. The summed E-state index contributed by atoms with van der Waals surface area (Å²) in [6.45, 7) is 2.53. The van der Waals surface area contributed by atoms with Crippen LogP contribution < -0.4 is 11.3 Å². The predicted octanol–water partition coefficient (Wildman–Crippen LogP) is -0.874. The van der Waals surface area contributed by atoms with Crippen LogP contribution in [0, 0.1) is 0 Å². The van der Waals surface area contributed by atoms with Crippen molar-refractivity contribution in [3.8, 4) is 0 Å². The highest BCUT2D eigenvalue weighted by atomic mass is 16.5. The third kappa shape index (κ3) is 5.31. The van der Waals surface area contributed by atoms with Crippen molar-refractivity contribution in [1.82, 2.24) is 15.3 Å². The van der Waals surface area contributed by atoms with Crippen molar-refractivity contribution in [3.05, 3.63) is 29.6 Å². The molecule has 0 aliphatic carbocycles. The molecule has 0 unspecified atom stereocenters. The largest absolute Gasteiger partial charge is 0.395 e. The molecular formula is C12H20N4O3. The highest BCUT2D eigenvalue weighted by Gasteiger charge is 2.08. The molecule has 1 aromatic heterocycles. The zero-order chi connectivity index (χ0) is 14.1. The van der Waals surface area contributed by atoms with Crippen molar-refractivity contribution in [3.63, 3.8) is 0 Å². The average Bonchev–Trinajstić information content (AvgIpc) is 2.45. The van der Waals surface area contributed by atoms with E-state index in [9.17, 15) is 4.79 Å². The molecule has 1 rings (SSSR count). The summed E-state index contributed by atoms with van der Waals surface area (Å²) in [6.07, 6.45) is 1.48. The Morgan fingerprint density at radius 3 is 2.84 bits per heavy atom. The SMILES string of the molecule is COCCN(CCO)Cc1ccc(C(=O)NN)cn1. The minimum atomic E-state index is -0.370. The van der Waals surface area contributed by atoms with Crippen LogP contribution in [0.25, 0.3) is 0 Å². The number of aliphatic hydroxyl groups is 1. The number of hydrogen-bond donors (Lipinski definition) is 3. The number of hydrazine groups is 1. The van der Waals surface area contributed by atoms with E-state index in [0.717, 1.165) is 5.69 Å². The molecule has 0 aliphatic heterocycles. The van der Waals surface area contributed by atoms with E-state index in [4.69, 9.17) is 15.7 Å². The van der Waals surface area contributed by atoms with Gasteiger partial charge in [0.25, 0.3) is 5.91 Å². The fraction of sp³-hybridized carbons (Fsp3) is 0.500. The second kappa shape index (κ2) is 8.54. The Balaban J connectivity index is 2.60. The lowest BCUT2D eigenvalue weighted by atomic mass is 10.2. The van der Waals surface area contributed by atoms with Crippen molar-refractivity contribution in [2.45, 2.75) is 6.54 Å². The van der Waals surface area contributed by atoms with E-state index in [1.807, 2.05) is 4.90 Å². The van der Waals surface area contributed by atoms with Gasteiger partial charge >= 0.3 is 0 Å². The maximum Gasteiger partial charge on any atom is 0.266 e.